The molecule has 0 unspecified atom stereocenters. The van der Waals surface area contributed by atoms with Crippen LogP contribution < -0.4 is 9.04 Å². The highest BCUT2D eigenvalue weighted by molar-refractivity contribution is 7.92. The Bertz CT molecular complexity index is 923. The Morgan fingerprint density at radius 3 is 2.48 bits per heavy atom. The van der Waals surface area contributed by atoms with Gasteiger partial charge in [-0.3, -0.25) is 9.10 Å². The van der Waals surface area contributed by atoms with Crippen LogP contribution in [0.2, 0.25) is 10.0 Å². The summed E-state index contributed by atoms with van der Waals surface area (Å²) in [7, 11) is -3.30. The van der Waals surface area contributed by atoms with Crippen molar-refractivity contribution in [3.05, 3.63) is 57.6 Å². The molecule has 0 saturated carbocycles. The number of carbonyl (C=O) groups is 1. The third-order valence-corrected chi connectivity index (χ3v) is 5.48. The number of rotatable bonds is 5. The lowest BCUT2D eigenvalue weighted by Crippen LogP contribution is -2.27. The number of halogens is 2. The van der Waals surface area contributed by atoms with E-state index < -0.39 is 10.0 Å². The van der Waals surface area contributed by atoms with Gasteiger partial charge >= 0.3 is 0 Å². The summed E-state index contributed by atoms with van der Waals surface area (Å²) in [4.78, 5) is 12.3. The van der Waals surface area contributed by atoms with Crippen LogP contribution in [0.3, 0.4) is 0 Å². The van der Waals surface area contributed by atoms with E-state index in [0.29, 0.717) is 40.0 Å². The molecule has 0 spiro atoms. The predicted molar refractivity (Wildman–Crippen MR) is 98.6 cm³/mol. The lowest BCUT2D eigenvalue weighted by molar-refractivity contribution is 0.0921. The molecule has 2 aromatic rings. The number of anilines is 1. The molecule has 0 radical (unpaired) electrons. The molecule has 0 aromatic heterocycles. The summed E-state index contributed by atoms with van der Waals surface area (Å²) < 4.78 is 30.3. The lowest BCUT2D eigenvalue weighted by atomic mass is 10.1. The number of Topliss-reactive ketones (excluding diaryl/α,β-unsaturated/α-hetero) is 1. The van der Waals surface area contributed by atoms with Crippen molar-refractivity contribution in [2.24, 2.45) is 0 Å². The van der Waals surface area contributed by atoms with Crippen molar-refractivity contribution >= 4 is 44.7 Å². The van der Waals surface area contributed by atoms with Gasteiger partial charge in [0.2, 0.25) is 10.0 Å². The summed E-state index contributed by atoms with van der Waals surface area (Å²) in [6.07, 6.45) is 1.75. The molecule has 0 saturated heterocycles. The van der Waals surface area contributed by atoms with Crippen molar-refractivity contribution in [3.63, 3.8) is 0 Å². The van der Waals surface area contributed by atoms with Crippen molar-refractivity contribution in [2.45, 2.75) is 6.42 Å². The minimum atomic E-state index is -3.30. The summed E-state index contributed by atoms with van der Waals surface area (Å²) in [5.74, 6) is 0.201. The maximum atomic E-state index is 12.3. The van der Waals surface area contributed by atoms with Crippen molar-refractivity contribution in [1.82, 2.24) is 0 Å². The molecule has 0 fully saturated rings. The van der Waals surface area contributed by atoms with Crippen LogP contribution in [0.5, 0.6) is 5.75 Å². The average Bonchev–Trinajstić information content (AvgIpc) is 2.94. The van der Waals surface area contributed by atoms with Crippen molar-refractivity contribution in [2.75, 3.05) is 23.7 Å². The Morgan fingerprint density at radius 2 is 1.84 bits per heavy atom. The summed E-state index contributed by atoms with van der Waals surface area (Å²) in [5, 5.41) is 0.849. The van der Waals surface area contributed by atoms with Crippen LogP contribution in [0.4, 0.5) is 5.69 Å². The molecule has 1 heterocycles. The zero-order valence-electron chi connectivity index (χ0n) is 13.3. The summed E-state index contributed by atoms with van der Waals surface area (Å²) >= 11 is 11.8. The van der Waals surface area contributed by atoms with Crippen molar-refractivity contribution < 1.29 is 17.9 Å². The van der Waals surface area contributed by atoms with Crippen LogP contribution in [0, 0.1) is 0 Å². The highest BCUT2D eigenvalue weighted by Crippen LogP contribution is 2.31. The number of benzene rings is 2. The van der Waals surface area contributed by atoms with E-state index in [4.69, 9.17) is 27.9 Å². The van der Waals surface area contributed by atoms with Gasteiger partial charge in [0.25, 0.3) is 0 Å². The second-order valence-corrected chi connectivity index (χ2v) is 8.53. The van der Waals surface area contributed by atoms with Crippen LogP contribution in [-0.4, -0.2) is 33.6 Å². The SMILES string of the molecule is CS(=O)(=O)N1CCc2cc(C(=O)COc3cc(Cl)cc(Cl)c3)ccc21. The molecule has 0 bridgehead atoms. The summed E-state index contributed by atoms with van der Waals surface area (Å²) in [6.45, 7) is 0.231. The van der Waals surface area contributed by atoms with Gasteiger partial charge < -0.3 is 4.74 Å². The number of fused-ring (bicyclic) bond motifs is 1. The molecule has 0 atom stereocenters. The fourth-order valence-electron chi connectivity index (χ4n) is 2.73. The van der Waals surface area contributed by atoms with Gasteiger partial charge in [0.05, 0.1) is 11.9 Å². The smallest absolute Gasteiger partial charge is 0.232 e. The normalized spacial score (nSPS) is 13.6. The van der Waals surface area contributed by atoms with E-state index in [1.54, 1.807) is 36.4 Å². The molecule has 132 valence electrons. The van der Waals surface area contributed by atoms with E-state index in [1.807, 2.05) is 0 Å². The predicted octanol–water partition coefficient (Wildman–Crippen LogP) is 3.58. The van der Waals surface area contributed by atoms with E-state index in [-0.39, 0.29) is 12.4 Å². The first-order valence-electron chi connectivity index (χ1n) is 7.47. The summed E-state index contributed by atoms with van der Waals surface area (Å²) in [6, 6.07) is 9.72. The van der Waals surface area contributed by atoms with Gasteiger partial charge in [0, 0.05) is 22.2 Å². The third-order valence-electron chi connectivity index (χ3n) is 3.86. The van der Waals surface area contributed by atoms with Crippen LogP contribution >= 0.6 is 23.2 Å². The van der Waals surface area contributed by atoms with Gasteiger partial charge in [0.1, 0.15) is 5.75 Å². The number of hydrogen-bond donors (Lipinski definition) is 0. The second kappa shape index (κ2) is 6.86. The highest BCUT2D eigenvalue weighted by Gasteiger charge is 2.26. The average molecular weight is 400 g/mol. The van der Waals surface area contributed by atoms with Crippen LogP contribution in [-0.2, 0) is 16.4 Å². The zero-order valence-corrected chi connectivity index (χ0v) is 15.7. The maximum Gasteiger partial charge on any atom is 0.232 e. The molecule has 1 aliphatic heterocycles. The van der Waals surface area contributed by atoms with E-state index in [2.05, 4.69) is 0 Å². The number of ether oxygens (including phenoxy) is 1. The Kier molecular flexibility index (Phi) is 4.95. The van der Waals surface area contributed by atoms with Crippen LogP contribution in [0.25, 0.3) is 0 Å². The molecular formula is C17H15Cl2NO4S. The van der Waals surface area contributed by atoms with Gasteiger partial charge in [-0.1, -0.05) is 23.2 Å². The Hall–Kier alpha value is -1.76. The fourth-order valence-corrected chi connectivity index (χ4v) is 4.20. The second-order valence-electron chi connectivity index (χ2n) is 5.75. The molecule has 2 aromatic carbocycles. The minimum absolute atomic E-state index is 0.161. The quantitative estimate of drug-likeness (QED) is 0.720. The monoisotopic (exact) mass is 399 g/mol. The standard InChI is InChI=1S/C17H15Cl2NO4S/c1-25(22,23)20-5-4-11-6-12(2-3-16(11)20)17(21)10-24-15-8-13(18)7-14(19)9-15/h2-3,6-9H,4-5,10H2,1H3. The summed E-state index contributed by atoms with van der Waals surface area (Å²) in [5.41, 5.74) is 1.94. The van der Waals surface area contributed by atoms with Gasteiger partial charge in [-0.25, -0.2) is 8.42 Å². The minimum Gasteiger partial charge on any atom is -0.485 e. The largest absolute Gasteiger partial charge is 0.485 e. The first kappa shape index (κ1) is 18.0. The first-order chi connectivity index (χ1) is 11.7. The first-order valence-corrected chi connectivity index (χ1v) is 10.1. The maximum absolute atomic E-state index is 12.3. The van der Waals surface area contributed by atoms with Crippen LogP contribution in [0.1, 0.15) is 15.9 Å². The van der Waals surface area contributed by atoms with Gasteiger partial charge in [0.15, 0.2) is 12.4 Å². The molecular weight excluding hydrogens is 385 g/mol. The van der Waals surface area contributed by atoms with E-state index in [9.17, 15) is 13.2 Å². The van der Waals surface area contributed by atoms with E-state index in [0.717, 1.165) is 5.56 Å². The Morgan fingerprint density at radius 1 is 1.16 bits per heavy atom. The molecule has 3 rings (SSSR count). The molecule has 25 heavy (non-hydrogen) atoms. The number of nitrogens with zero attached hydrogens (tertiary/aromatic N) is 1. The van der Waals surface area contributed by atoms with E-state index >= 15 is 0 Å². The molecule has 0 amide bonds. The number of sulfonamides is 1. The van der Waals surface area contributed by atoms with Gasteiger partial charge in [-0.05, 0) is 48.4 Å². The molecule has 0 aliphatic carbocycles. The topological polar surface area (TPSA) is 63.7 Å². The van der Waals surface area contributed by atoms with Gasteiger partial charge in [-0.2, -0.15) is 0 Å². The molecule has 5 nitrogen and oxygen atoms in total. The van der Waals surface area contributed by atoms with Crippen molar-refractivity contribution in [3.8, 4) is 5.75 Å². The third kappa shape index (κ3) is 4.08. The number of carbonyl (C=O) groups excluding carboxylic acids is 1. The molecule has 1 aliphatic rings. The lowest BCUT2D eigenvalue weighted by Gasteiger charge is -2.16. The zero-order chi connectivity index (χ0) is 18.2. The number of hydrogen-bond acceptors (Lipinski definition) is 4. The highest BCUT2D eigenvalue weighted by atomic mass is 35.5. The molecule has 0 N–H and O–H groups in total. The van der Waals surface area contributed by atoms with Crippen LogP contribution in [0.15, 0.2) is 36.4 Å². The van der Waals surface area contributed by atoms with E-state index in [1.165, 1.54) is 10.6 Å². The Balaban J connectivity index is 1.73. The Labute approximate surface area is 156 Å². The molecule has 8 heteroatoms. The van der Waals surface area contributed by atoms with Gasteiger partial charge in [-0.15, -0.1) is 0 Å². The fraction of sp³-hybridized carbons (Fsp3) is 0.235. The van der Waals surface area contributed by atoms with Crippen molar-refractivity contribution in [1.29, 1.82) is 0 Å². The number of ketones is 1.